The molecule has 19 heavy (non-hydrogen) atoms. The number of benzene rings is 1. The van der Waals surface area contributed by atoms with Gasteiger partial charge in [-0.05, 0) is 24.6 Å². The molecule has 0 spiro atoms. The lowest BCUT2D eigenvalue weighted by Gasteiger charge is -2.09. The summed E-state index contributed by atoms with van der Waals surface area (Å²) in [6.45, 7) is 2.87. The molecule has 0 aromatic heterocycles. The maximum atomic E-state index is 11.6. The van der Waals surface area contributed by atoms with Crippen LogP contribution in [0.5, 0.6) is 0 Å². The Kier molecular flexibility index (Phi) is 6.11. The van der Waals surface area contributed by atoms with Crippen molar-refractivity contribution >= 4 is 29.2 Å². The van der Waals surface area contributed by atoms with E-state index in [2.05, 4.69) is 16.0 Å². The Bertz CT molecular complexity index is 465. The number of nitrogens with one attached hydrogen (secondary N) is 3. The van der Waals surface area contributed by atoms with Crippen molar-refractivity contribution in [3.63, 3.8) is 0 Å². The topological polar surface area (TPSA) is 96.2 Å². The number of aryl methyl sites for hydroxylation is 1. The molecule has 0 fully saturated rings. The molecule has 0 unspecified atom stereocenters. The molecule has 104 valence electrons. The van der Waals surface area contributed by atoms with Gasteiger partial charge in [-0.1, -0.05) is 17.7 Å². The molecule has 0 bridgehead atoms. The van der Waals surface area contributed by atoms with E-state index >= 15 is 0 Å². The third-order valence-corrected chi connectivity index (χ3v) is 2.60. The molecule has 1 aromatic carbocycles. The van der Waals surface area contributed by atoms with Crippen LogP contribution in [0.3, 0.4) is 0 Å². The third-order valence-electron chi connectivity index (χ3n) is 2.36. The fourth-order valence-electron chi connectivity index (χ4n) is 1.40. The molecule has 0 atom stereocenters. The molecular formula is C12H17ClN4O2. The van der Waals surface area contributed by atoms with Crippen LogP contribution in [0.2, 0.25) is 5.02 Å². The zero-order valence-electron chi connectivity index (χ0n) is 10.6. The number of halogens is 1. The van der Waals surface area contributed by atoms with Crippen molar-refractivity contribution in [3.05, 3.63) is 28.8 Å². The summed E-state index contributed by atoms with van der Waals surface area (Å²) >= 11 is 5.86. The summed E-state index contributed by atoms with van der Waals surface area (Å²) in [4.78, 5) is 22.0. The average Bonchev–Trinajstić information content (AvgIpc) is 2.33. The molecule has 0 heterocycles. The van der Waals surface area contributed by atoms with Crippen LogP contribution in [0.15, 0.2) is 18.2 Å². The highest BCUT2D eigenvalue weighted by atomic mass is 35.5. The summed E-state index contributed by atoms with van der Waals surface area (Å²) in [5.74, 6) is -0.176. The molecule has 5 N–H and O–H groups in total. The van der Waals surface area contributed by atoms with E-state index in [4.69, 9.17) is 17.3 Å². The quantitative estimate of drug-likeness (QED) is 0.583. The Morgan fingerprint density at radius 2 is 2.05 bits per heavy atom. The van der Waals surface area contributed by atoms with Gasteiger partial charge in [0.25, 0.3) is 0 Å². The standard InChI is InChI=1S/C12H17ClN4O2/c1-8-2-3-9(13)6-10(8)17-11(18)7-15-4-5-16-12(14)19/h2-3,6,15H,4-5,7H2,1H3,(H,17,18)(H3,14,16,19). The van der Waals surface area contributed by atoms with Crippen molar-refractivity contribution in [3.8, 4) is 0 Å². The highest BCUT2D eigenvalue weighted by molar-refractivity contribution is 6.31. The maximum absolute atomic E-state index is 11.6. The van der Waals surface area contributed by atoms with E-state index in [1.165, 1.54) is 0 Å². The van der Waals surface area contributed by atoms with Crippen molar-refractivity contribution in [2.75, 3.05) is 25.0 Å². The molecular weight excluding hydrogens is 268 g/mol. The van der Waals surface area contributed by atoms with E-state index < -0.39 is 6.03 Å². The number of nitrogens with two attached hydrogens (primary N) is 1. The summed E-state index contributed by atoms with van der Waals surface area (Å²) in [6, 6.07) is 4.71. The largest absolute Gasteiger partial charge is 0.352 e. The Morgan fingerprint density at radius 1 is 1.32 bits per heavy atom. The second-order valence-corrected chi connectivity index (χ2v) is 4.41. The van der Waals surface area contributed by atoms with Gasteiger partial charge >= 0.3 is 6.03 Å². The lowest BCUT2D eigenvalue weighted by molar-refractivity contribution is -0.115. The molecule has 0 saturated heterocycles. The van der Waals surface area contributed by atoms with Crippen LogP contribution in [0.1, 0.15) is 5.56 Å². The predicted molar refractivity (Wildman–Crippen MR) is 75.3 cm³/mol. The average molecular weight is 285 g/mol. The first-order chi connectivity index (χ1) is 8.99. The van der Waals surface area contributed by atoms with Gasteiger partial charge in [0.1, 0.15) is 0 Å². The SMILES string of the molecule is Cc1ccc(Cl)cc1NC(=O)CNCCNC(N)=O. The van der Waals surface area contributed by atoms with E-state index in [1.54, 1.807) is 12.1 Å². The van der Waals surface area contributed by atoms with Gasteiger partial charge in [-0.3, -0.25) is 4.79 Å². The van der Waals surface area contributed by atoms with Crippen LogP contribution in [0, 0.1) is 6.92 Å². The number of primary amides is 1. The van der Waals surface area contributed by atoms with Crippen LogP contribution in [0.25, 0.3) is 0 Å². The van der Waals surface area contributed by atoms with Gasteiger partial charge in [0.2, 0.25) is 5.91 Å². The van der Waals surface area contributed by atoms with Gasteiger partial charge in [-0.15, -0.1) is 0 Å². The minimum absolute atomic E-state index is 0.145. The van der Waals surface area contributed by atoms with Gasteiger partial charge in [0.05, 0.1) is 6.54 Å². The molecule has 1 aromatic rings. The van der Waals surface area contributed by atoms with Crippen molar-refractivity contribution < 1.29 is 9.59 Å². The molecule has 0 aliphatic rings. The second kappa shape index (κ2) is 7.60. The monoisotopic (exact) mass is 284 g/mol. The molecule has 1 rings (SSSR count). The third kappa shape index (κ3) is 6.08. The normalized spacial score (nSPS) is 10.0. The first-order valence-corrected chi connectivity index (χ1v) is 6.17. The number of rotatable bonds is 6. The Morgan fingerprint density at radius 3 is 2.74 bits per heavy atom. The first-order valence-electron chi connectivity index (χ1n) is 5.79. The summed E-state index contributed by atoms with van der Waals surface area (Å²) < 4.78 is 0. The van der Waals surface area contributed by atoms with Gasteiger partial charge in [0, 0.05) is 23.8 Å². The van der Waals surface area contributed by atoms with E-state index in [-0.39, 0.29) is 12.5 Å². The maximum Gasteiger partial charge on any atom is 0.312 e. The highest BCUT2D eigenvalue weighted by Gasteiger charge is 2.04. The summed E-state index contributed by atoms with van der Waals surface area (Å²) in [5.41, 5.74) is 6.53. The Labute approximate surface area is 116 Å². The number of carbonyl (C=O) groups is 2. The summed E-state index contributed by atoms with van der Waals surface area (Å²) in [6.07, 6.45) is 0. The molecule has 3 amide bonds. The van der Waals surface area contributed by atoms with Gasteiger partial charge < -0.3 is 21.7 Å². The summed E-state index contributed by atoms with van der Waals surface area (Å²) in [7, 11) is 0. The summed E-state index contributed by atoms with van der Waals surface area (Å²) in [5, 5.41) is 8.61. The minimum atomic E-state index is -0.583. The van der Waals surface area contributed by atoms with E-state index in [9.17, 15) is 9.59 Å². The molecule has 0 saturated carbocycles. The van der Waals surface area contributed by atoms with Gasteiger partial charge in [-0.2, -0.15) is 0 Å². The van der Waals surface area contributed by atoms with Crippen molar-refractivity contribution in [2.24, 2.45) is 5.73 Å². The number of amides is 3. The number of carbonyl (C=O) groups excluding carboxylic acids is 2. The minimum Gasteiger partial charge on any atom is -0.352 e. The smallest absolute Gasteiger partial charge is 0.312 e. The molecule has 0 aliphatic carbocycles. The number of hydrogen-bond donors (Lipinski definition) is 4. The van der Waals surface area contributed by atoms with Crippen LogP contribution in [-0.2, 0) is 4.79 Å². The Hall–Kier alpha value is -1.79. The predicted octanol–water partition coefficient (Wildman–Crippen LogP) is 0.845. The number of hydrogen-bond acceptors (Lipinski definition) is 3. The number of anilines is 1. The van der Waals surface area contributed by atoms with Crippen LogP contribution in [-0.4, -0.2) is 31.6 Å². The van der Waals surface area contributed by atoms with Crippen LogP contribution >= 0.6 is 11.6 Å². The van der Waals surface area contributed by atoms with Crippen LogP contribution < -0.4 is 21.7 Å². The van der Waals surface area contributed by atoms with E-state index in [0.717, 1.165) is 5.56 Å². The number of urea groups is 1. The molecule has 0 radical (unpaired) electrons. The molecule has 7 heteroatoms. The molecule has 0 aliphatic heterocycles. The zero-order valence-corrected chi connectivity index (χ0v) is 11.4. The highest BCUT2D eigenvalue weighted by Crippen LogP contribution is 2.19. The second-order valence-electron chi connectivity index (χ2n) is 3.98. The fraction of sp³-hybridized carbons (Fsp3) is 0.333. The van der Waals surface area contributed by atoms with Crippen molar-refractivity contribution in [2.45, 2.75) is 6.92 Å². The van der Waals surface area contributed by atoms with Crippen molar-refractivity contribution in [1.29, 1.82) is 0 Å². The molecule has 6 nitrogen and oxygen atoms in total. The first kappa shape index (κ1) is 15.3. The van der Waals surface area contributed by atoms with Gasteiger partial charge in [0.15, 0.2) is 0 Å². The zero-order chi connectivity index (χ0) is 14.3. The van der Waals surface area contributed by atoms with Crippen molar-refractivity contribution in [1.82, 2.24) is 10.6 Å². The van der Waals surface area contributed by atoms with Gasteiger partial charge in [-0.25, -0.2) is 4.79 Å². The Balaban J connectivity index is 2.31. The lowest BCUT2D eigenvalue weighted by Crippen LogP contribution is -2.37. The lowest BCUT2D eigenvalue weighted by atomic mass is 10.2. The fourth-order valence-corrected chi connectivity index (χ4v) is 1.57. The van der Waals surface area contributed by atoms with E-state index in [1.807, 2.05) is 13.0 Å². The van der Waals surface area contributed by atoms with E-state index in [0.29, 0.717) is 23.8 Å². The van der Waals surface area contributed by atoms with Crippen LogP contribution in [0.4, 0.5) is 10.5 Å².